The molecule has 2 heterocycles. The Labute approximate surface area is 82.1 Å². The third kappa shape index (κ3) is 1.85. The second kappa shape index (κ2) is 3.83. The average Bonchev–Trinajstić information content (AvgIpc) is 2.23. The zero-order valence-electron chi connectivity index (χ0n) is 7.81. The summed E-state index contributed by atoms with van der Waals surface area (Å²) >= 11 is 0. The number of aromatic nitrogens is 3. The number of pyridine rings is 1. The van der Waals surface area contributed by atoms with Gasteiger partial charge in [0.15, 0.2) is 0 Å². The second-order valence-corrected chi connectivity index (χ2v) is 2.86. The maximum absolute atomic E-state index is 4.17. The van der Waals surface area contributed by atoms with Gasteiger partial charge in [0.05, 0.1) is 11.4 Å². The Bertz CT molecular complexity index is 413. The number of nitrogens with zero attached hydrogens (tertiary/aromatic N) is 3. The Balaban J connectivity index is 2.24. The predicted octanol–water partition coefficient (Wildman–Crippen LogP) is 1.92. The van der Waals surface area contributed by atoms with Crippen LogP contribution in [0.4, 0.5) is 11.5 Å². The van der Waals surface area contributed by atoms with Crippen molar-refractivity contribution in [2.75, 3.05) is 5.32 Å². The van der Waals surface area contributed by atoms with Crippen LogP contribution in [0.5, 0.6) is 0 Å². The van der Waals surface area contributed by atoms with E-state index in [2.05, 4.69) is 20.3 Å². The van der Waals surface area contributed by atoms with Crippen LogP contribution >= 0.6 is 0 Å². The van der Waals surface area contributed by atoms with Crippen molar-refractivity contribution in [3.63, 3.8) is 0 Å². The number of nitrogens with one attached hydrogen (secondary N) is 1. The van der Waals surface area contributed by atoms with Crippen LogP contribution in [0.1, 0.15) is 5.69 Å². The molecular weight excluding hydrogens is 176 g/mol. The summed E-state index contributed by atoms with van der Waals surface area (Å²) in [6.45, 7) is 1.95. The molecule has 0 fully saturated rings. The summed E-state index contributed by atoms with van der Waals surface area (Å²) in [5.41, 5.74) is 1.91. The minimum absolute atomic E-state index is 0.774. The molecule has 0 unspecified atom stereocenters. The predicted molar refractivity (Wildman–Crippen MR) is 54.3 cm³/mol. The molecule has 1 N–H and O–H groups in total. The Morgan fingerprint density at radius 2 is 2.07 bits per heavy atom. The van der Waals surface area contributed by atoms with Crippen molar-refractivity contribution < 1.29 is 0 Å². The molecule has 0 amide bonds. The first-order valence-electron chi connectivity index (χ1n) is 4.31. The zero-order chi connectivity index (χ0) is 9.80. The van der Waals surface area contributed by atoms with Crippen molar-refractivity contribution in [3.05, 3.63) is 42.6 Å². The van der Waals surface area contributed by atoms with Gasteiger partial charge in [-0.1, -0.05) is 0 Å². The smallest absolute Gasteiger partial charge is 0.133 e. The molecule has 2 aromatic rings. The van der Waals surface area contributed by atoms with Crippen molar-refractivity contribution in [1.82, 2.24) is 15.0 Å². The van der Waals surface area contributed by atoms with E-state index in [1.165, 1.54) is 6.33 Å². The maximum atomic E-state index is 4.17. The quantitative estimate of drug-likeness (QED) is 0.778. The first kappa shape index (κ1) is 8.62. The van der Waals surface area contributed by atoms with E-state index in [1.54, 1.807) is 12.4 Å². The fourth-order valence-corrected chi connectivity index (χ4v) is 1.12. The first-order chi connectivity index (χ1) is 6.86. The van der Waals surface area contributed by atoms with Gasteiger partial charge in [0.25, 0.3) is 0 Å². The van der Waals surface area contributed by atoms with Gasteiger partial charge in [-0.2, -0.15) is 0 Å². The fourth-order valence-electron chi connectivity index (χ4n) is 1.12. The lowest BCUT2D eigenvalue weighted by Gasteiger charge is -2.06. The van der Waals surface area contributed by atoms with Crippen LogP contribution < -0.4 is 5.32 Å². The summed E-state index contributed by atoms with van der Waals surface area (Å²) in [6, 6.07) is 5.66. The van der Waals surface area contributed by atoms with Crippen LogP contribution in [0.3, 0.4) is 0 Å². The van der Waals surface area contributed by atoms with Gasteiger partial charge in [-0.05, 0) is 25.1 Å². The van der Waals surface area contributed by atoms with Crippen LogP contribution in [0.25, 0.3) is 0 Å². The first-order valence-corrected chi connectivity index (χ1v) is 4.31. The van der Waals surface area contributed by atoms with Gasteiger partial charge >= 0.3 is 0 Å². The summed E-state index contributed by atoms with van der Waals surface area (Å²) in [5.74, 6) is 0.774. The molecule has 0 bridgehead atoms. The third-order valence-electron chi connectivity index (χ3n) is 1.85. The molecule has 0 spiro atoms. The van der Waals surface area contributed by atoms with Crippen molar-refractivity contribution in [2.45, 2.75) is 6.92 Å². The van der Waals surface area contributed by atoms with Gasteiger partial charge in [-0.15, -0.1) is 0 Å². The molecule has 0 aliphatic carbocycles. The highest BCUT2D eigenvalue weighted by Gasteiger charge is 1.98. The summed E-state index contributed by atoms with van der Waals surface area (Å²) in [6.07, 6.45) is 4.97. The molecule has 2 rings (SSSR count). The van der Waals surface area contributed by atoms with E-state index in [0.29, 0.717) is 0 Å². The lowest BCUT2D eigenvalue weighted by atomic mass is 10.3. The van der Waals surface area contributed by atoms with E-state index in [9.17, 15) is 0 Å². The highest BCUT2D eigenvalue weighted by Crippen LogP contribution is 2.15. The van der Waals surface area contributed by atoms with E-state index in [-0.39, 0.29) is 0 Å². The van der Waals surface area contributed by atoms with Crippen molar-refractivity contribution in [3.8, 4) is 0 Å². The van der Waals surface area contributed by atoms with E-state index < -0.39 is 0 Å². The second-order valence-electron chi connectivity index (χ2n) is 2.86. The van der Waals surface area contributed by atoms with Gasteiger partial charge in [-0.3, -0.25) is 4.98 Å². The Morgan fingerprint density at radius 3 is 2.79 bits per heavy atom. The maximum Gasteiger partial charge on any atom is 0.133 e. The molecular formula is C10H10N4. The van der Waals surface area contributed by atoms with E-state index in [1.807, 2.05) is 25.1 Å². The van der Waals surface area contributed by atoms with Crippen LogP contribution in [0.2, 0.25) is 0 Å². The van der Waals surface area contributed by atoms with E-state index >= 15 is 0 Å². The van der Waals surface area contributed by atoms with Gasteiger partial charge in [0.2, 0.25) is 0 Å². The Hall–Kier alpha value is -1.97. The summed E-state index contributed by atoms with van der Waals surface area (Å²) < 4.78 is 0. The molecule has 0 aliphatic heterocycles. The lowest BCUT2D eigenvalue weighted by molar-refractivity contribution is 1.15. The van der Waals surface area contributed by atoms with Gasteiger partial charge in [0, 0.05) is 12.4 Å². The number of hydrogen-bond donors (Lipinski definition) is 1. The molecule has 0 aliphatic rings. The van der Waals surface area contributed by atoms with Crippen LogP contribution in [0, 0.1) is 6.92 Å². The molecule has 4 heteroatoms. The molecule has 0 saturated heterocycles. The number of rotatable bonds is 2. The third-order valence-corrected chi connectivity index (χ3v) is 1.85. The highest BCUT2D eigenvalue weighted by atomic mass is 15.0. The van der Waals surface area contributed by atoms with Gasteiger partial charge in [-0.25, -0.2) is 9.97 Å². The fraction of sp³-hybridized carbons (Fsp3) is 0.100. The minimum atomic E-state index is 0.774. The summed E-state index contributed by atoms with van der Waals surface area (Å²) in [7, 11) is 0. The summed E-state index contributed by atoms with van der Waals surface area (Å²) in [4.78, 5) is 12.1. The zero-order valence-corrected chi connectivity index (χ0v) is 7.81. The standard InChI is InChI=1S/C10H10N4/c1-8-9(3-2-5-12-8)14-10-4-6-11-7-13-10/h2-7H,1H3,(H,11,13,14). The topological polar surface area (TPSA) is 50.7 Å². The van der Waals surface area contributed by atoms with E-state index in [0.717, 1.165) is 17.2 Å². The number of anilines is 2. The molecule has 0 aromatic carbocycles. The van der Waals surface area contributed by atoms with Gasteiger partial charge < -0.3 is 5.32 Å². The summed E-state index contributed by atoms with van der Waals surface area (Å²) in [5, 5.41) is 3.16. The molecule has 14 heavy (non-hydrogen) atoms. The van der Waals surface area contributed by atoms with Crippen molar-refractivity contribution in [2.24, 2.45) is 0 Å². The molecule has 0 atom stereocenters. The molecule has 2 aromatic heterocycles. The monoisotopic (exact) mass is 186 g/mol. The number of hydrogen-bond acceptors (Lipinski definition) is 4. The van der Waals surface area contributed by atoms with Crippen LogP contribution in [-0.4, -0.2) is 15.0 Å². The number of aryl methyl sites for hydroxylation is 1. The lowest BCUT2D eigenvalue weighted by Crippen LogP contribution is -1.96. The Morgan fingerprint density at radius 1 is 1.14 bits per heavy atom. The van der Waals surface area contributed by atoms with Crippen LogP contribution in [-0.2, 0) is 0 Å². The largest absolute Gasteiger partial charge is 0.339 e. The Kier molecular flexibility index (Phi) is 2.36. The van der Waals surface area contributed by atoms with Crippen LogP contribution in [0.15, 0.2) is 36.9 Å². The van der Waals surface area contributed by atoms with Crippen molar-refractivity contribution >= 4 is 11.5 Å². The molecule has 4 nitrogen and oxygen atoms in total. The molecule has 0 saturated carbocycles. The highest BCUT2D eigenvalue weighted by molar-refractivity contribution is 5.57. The minimum Gasteiger partial charge on any atom is -0.339 e. The average molecular weight is 186 g/mol. The molecule has 0 radical (unpaired) electrons. The normalized spacial score (nSPS) is 9.79. The van der Waals surface area contributed by atoms with Gasteiger partial charge in [0.1, 0.15) is 12.1 Å². The van der Waals surface area contributed by atoms with Crippen molar-refractivity contribution in [1.29, 1.82) is 0 Å². The molecule has 70 valence electrons. The van der Waals surface area contributed by atoms with E-state index in [4.69, 9.17) is 0 Å². The SMILES string of the molecule is Cc1ncccc1Nc1ccncn1.